The fourth-order valence-corrected chi connectivity index (χ4v) is 14.7. The quantitative estimate of drug-likeness (QED) is 0.101. The Kier molecular flexibility index (Phi) is 20.0. The molecule has 20 nitrogen and oxygen atoms in total. The van der Waals surface area contributed by atoms with Crippen molar-refractivity contribution in [1.29, 1.82) is 0 Å². The maximum Gasteiger partial charge on any atom is 0.330 e. The molecule has 3 aromatic rings. The van der Waals surface area contributed by atoms with Crippen molar-refractivity contribution >= 4 is 29.7 Å². The number of fused-ring (bicyclic) bond motifs is 5. The van der Waals surface area contributed by atoms with Crippen molar-refractivity contribution in [2.24, 2.45) is 23.7 Å². The Hall–Kier alpha value is -5.64. The van der Waals surface area contributed by atoms with Crippen LogP contribution in [-0.4, -0.2) is 254 Å². The van der Waals surface area contributed by atoms with Crippen LogP contribution in [0.3, 0.4) is 0 Å². The SMILES string of the molecule is COc1cccc(OC)c1-c1cc(C(=O)NC2(C(=O)O)C3CC4CC(C3)CC2C4)nn1-c1ccc(C(=O)N(C)CCCN(C)CCCN(C)CCCN(C)C(=O)CN2CCN3CCCN(CC(=O)O)CCN(CC3)C3CC32)cc1C(C)C. The highest BCUT2D eigenvalue weighted by atomic mass is 16.5. The summed E-state index contributed by atoms with van der Waals surface area (Å²) in [5.41, 5.74) is 1.90. The number of carbonyl (C=O) groups is 5. The van der Waals surface area contributed by atoms with Gasteiger partial charge in [0, 0.05) is 90.6 Å². The number of hydrogen-bond donors (Lipinski definition) is 3. The summed E-state index contributed by atoms with van der Waals surface area (Å²) in [4.78, 5) is 84.9. The molecule has 5 aliphatic carbocycles. The predicted molar refractivity (Wildman–Crippen MR) is 315 cm³/mol. The fraction of sp³-hybridized carbons (Fsp3) is 0.677. The Morgan fingerprint density at radius 2 is 1.30 bits per heavy atom. The molecule has 3 N–H and O–H groups in total. The van der Waals surface area contributed by atoms with Gasteiger partial charge < -0.3 is 49.5 Å². The molecule has 0 radical (unpaired) electrons. The first kappa shape index (κ1) is 60.9. The number of aliphatic carboxylic acids is 2. The van der Waals surface area contributed by atoms with Crippen LogP contribution in [0.25, 0.3) is 16.9 Å². The average Bonchev–Trinajstić information content (AvgIpc) is 1.57. The van der Waals surface area contributed by atoms with E-state index in [0.29, 0.717) is 77.6 Å². The van der Waals surface area contributed by atoms with Gasteiger partial charge in [0.05, 0.1) is 44.3 Å². The Morgan fingerprint density at radius 1 is 0.695 bits per heavy atom. The number of rotatable bonds is 25. The summed E-state index contributed by atoms with van der Waals surface area (Å²) in [5, 5.41) is 28.4. The number of aromatic nitrogens is 2. The number of methoxy groups -OCH3 is 2. The van der Waals surface area contributed by atoms with Crippen LogP contribution in [0.5, 0.6) is 11.5 Å². The molecule has 450 valence electrons. The van der Waals surface area contributed by atoms with Crippen LogP contribution in [-0.2, 0) is 14.4 Å². The van der Waals surface area contributed by atoms with Gasteiger partial charge in [0.2, 0.25) is 5.91 Å². The number of nitrogens with zero attached hydrogens (tertiary/aromatic N) is 10. The van der Waals surface area contributed by atoms with E-state index < -0.39 is 23.4 Å². The van der Waals surface area contributed by atoms with E-state index in [2.05, 4.69) is 62.7 Å². The second-order valence-corrected chi connectivity index (χ2v) is 25.2. The second kappa shape index (κ2) is 26.9. The molecular formula is C62H93N11O9. The Morgan fingerprint density at radius 3 is 1.91 bits per heavy atom. The molecule has 5 saturated carbocycles. The van der Waals surface area contributed by atoms with E-state index in [0.717, 1.165) is 148 Å². The van der Waals surface area contributed by atoms with Crippen LogP contribution < -0.4 is 14.8 Å². The second-order valence-electron chi connectivity index (χ2n) is 25.2. The van der Waals surface area contributed by atoms with E-state index >= 15 is 0 Å². The van der Waals surface area contributed by atoms with Gasteiger partial charge in [-0.25, -0.2) is 9.48 Å². The summed E-state index contributed by atoms with van der Waals surface area (Å²) in [6.45, 7) is 16.7. The highest BCUT2D eigenvalue weighted by Crippen LogP contribution is 2.58. The number of carboxylic acids is 2. The molecule has 4 unspecified atom stereocenters. The molecule has 20 heteroatoms. The van der Waals surface area contributed by atoms with Crippen LogP contribution in [0.2, 0.25) is 0 Å². The summed E-state index contributed by atoms with van der Waals surface area (Å²) >= 11 is 0. The summed E-state index contributed by atoms with van der Waals surface area (Å²) in [6.07, 6.45) is 9.10. The Labute approximate surface area is 486 Å². The summed E-state index contributed by atoms with van der Waals surface area (Å²) in [5.74, 6) is -0.458. The molecule has 82 heavy (non-hydrogen) atoms. The monoisotopic (exact) mass is 1140 g/mol. The molecule has 3 heterocycles. The molecule has 7 aliphatic rings. The average molecular weight is 1140 g/mol. The predicted octanol–water partition coefficient (Wildman–Crippen LogP) is 5.10. The van der Waals surface area contributed by atoms with E-state index in [1.165, 1.54) is 0 Å². The van der Waals surface area contributed by atoms with Crippen molar-refractivity contribution in [3.05, 3.63) is 59.3 Å². The zero-order valence-corrected chi connectivity index (χ0v) is 50.2. The first-order valence-corrected chi connectivity index (χ1v) is 30.4. The molecule has 6 bridgehead atoms. The van der Waals surface area contributed by atoms with E-state index in [4.69, 9.17) is 14.6 Å². The molecule has 0 spiro atoms. The van der Waals surface area contributed by atoms with Crippen molar-refractivity contribution in [2.45, 2.75) is 102 Å². The highest BCUT2D eigenvalue weighted by Gasteiger charge is 2.62. The Balaban J connectivity index is 0.748. The third-order valence-corrected chi connectivity index (χ3v) is 19.2. The molecule has 2 aromatic carbocycles. The topological polar surface area (TPSA) is 200 Å². The zero-order valence-electron chi connectivity index (χ0n) is 50.2. The third kappa shape index (κ3) is 14.0. The van der Waals surface area contributed by atoms with Crippen LogP contribution in [0.15, 0.2) is 42.5 Å². The number of carbonyl (C=O) groups excluding carboxylic acids is 3. The maximum absolute atomic E-state index is 14.5. The molecule has 2 aliphatic heterocycles. The van der Waals surface area contributed by atoms with Crippen molar-refractivity contribution in [3.8, 4) is 28.4 Å². The molecule has 3 amide bonds. The number of nitrogens with one attached hydrogen (secondary N) is 1. The summed E-state index contributed by atoms with van der Waals surface area (Å²) in [7, 11) is 11.2. The smallest absolute Gasteiger partial charge is 0.330 e. The van der Waals surface area contributed by atoms with Crippen LogP contribution in [0.1, 0.15) is 110 Å². The summed E-state index contributed by atoms with van der Waals surface area (Å²) < 4.78 is 13.4. The van der Waals surface area contributed by atoms with Crippen molar-refractivity contribution in [3.63, 3.8) is 0 Å². The normalized spacial score (nSPS) is 26.2. The lowest BCUT2D eigenvalue weighted by Crippen LogP contribution is -2.70. The number of hydrogen-bond acceptors (Lipinski definition) is 14. The molecular weight excluding hydrogens is 1040 g/mol. The van der Waals surface area contributed by atoms with Gasteiger partial charge >= 0.3 is 11.9 Å². The van der Waals surface area contributed by atoms with Crippen LogP contribution >= 0.6 is 0 Å². The van der Waals surface area contributed by atoms with Gasteiger partial charge in [-0.15, -0.1) is 0 Å². The van der Waals surface area contributed by atoms with Gasteiger partial charge in [-0.05, 0) is 183 Å². The standard InChI is InChI=1S/C62H93N11O9/c1-42(2)48-37-45(16-17-50(48)73-53(58-54(81-7)14-9-15-55(58)82-8)38-49(64-73)59(77)63-62(61(79)80)46-33-43-32-44(35-46)36-47(62)34-43)60(78)68(6)23-12-21-66(4)19-10-18-65(3)20-11-22-67(5)56(74)40-72-31-27-69-24-13-25-70(41-57(75)76)28-30-71(29-26-69)51-39-52(51)72/h9,14-17,37-38,42-44,46-47,51-52H,10-13,18-36,39-41H2,1-8H3,(H,63,77)(H,75,76)(H,79,80). The van der Waals surface area contributed by atoms with E-state index in [1.807, 2.05) is 55.4 Å². The van der Waals surface area contributed by atoms with Crippen molar-refractivity contribution in [2.75, 3.05) is 147 Å². The number of likely N-dealkylation sites (N-methyl/N-ethyl adjacent to an activating group) is 1. The first-order chi connectivity index (χ1) is 39.4. The van der Waals surface area contributed by atoms with Crippen LogP contribution in [0, 0.1) is 23.7 Å². The fourth-order valence-electron chi connectivity index (χ4n) is 14.7. The number of carboxylic acid groups (broad SMARTS) is 2. The minimum Gasteiger partial charge on any atom is -0.496 e. The minimum atomic E-state index is -1.35. The van der Waals surface area contributed by atoms with Crippen molar-refractivity contribution in [1.82, 2.24) is 54.3 Å². The lowest BCUT2D eigenvalue weighted by atomic mass is 9.48. The lowest BCUT2D eigenvalue weighted by molar-refractivity contribution is -0.163. The van der Waals surface area contributed by atoms with E-state index in [1.54, 1.807) is 29.9 Å². The molecule has 4 atom stereocenters. The molecule has 7 fully saturated rings. The third-order valence-electron chi connectivity index (χ3n) is 19.2. The van der Waals surface area contributed by atoms with Gasteiger partial charge in [-0.1, -0.05) is 19.9 Å². The van der Waals surface area contributed by atoms with Gasteiger partial charge in [-0.2, -0.15) is 5.10 Å². The maximum atomic E-state index is 14.5. The number of benzene rings is 2. The largest absolute Gasteiger partial charge is 0.496 e. The van der Waals surface area contributed by atoms with Gasteiger partial charge in [0.25, 0.3) is 11.8 Å². The highest BCUT2D eigenvalue weighted by molar-refractivity contribution is 5.98. The van der Waals surface area contributed by atoms with E-state index in [9.17, 15) is 34.2 Å². The molecule has 2 saturated heterocycles. The summed E-state index contributed by atoms with van der Waals surface area (Å²) in [6, 6.07) is 13.6. The first-order valence-electron chi connectivity index (χ1n) is 30.4. The van der Waals surface area contributed by atoms with Crippen LogP contribution in [0.4, 0.5) is 0 Å². The van der Waals surface area contributed by atoms with E-state index in [-0.39, 0.29) is 41.8 Å². The molecule has 1 aromatic heterocycles. The number of ether oxygens (including phenoxy) is 2. The lowest BCUT2D eigenvalue weighted by Gasteiger charge is -2.59. The van der Waals surface area contributed by atoms with Crippen molar-refractivity contribution < 1.29 is 43.7 Å². The molecule has 10 rings (SSSR count). The Bertz CT molecular complexity index is 2680. The zero-order chi connectivity index (χ0) is 58.4. The van der Waals surface area contributed by atoms with Gasteiger partial charge in [-0.3, -0.25) is 33.9 Å². The minimum absolute atomic E-state index is 0.0509. The van der Waals surface area contributed by atoms with Gasteiger partial charge in [0.1, 0.15) is 17.0 Å². The number of amides is 3. The van der Waals surface area contributed by atoms with Gasteiger partial charge in [0.15, 0.2) is 5.69 Å².